The number of carbonyl (C=O) groups excluding carboxylic acids is 1. The molecular weight excluding hydrogens is 290 g/mol. The van der Waals surface area contributed by atoms with Gasteiger partial charge in [-0.25, -0.2) is 4.79 Å². The Morgan fingerprint density at radius 3 is 2.65 bits per heavy atom. The van der Waals surface area contributed by atoms with Gasteiger partial charge < -0.3 is 14.4 Å². The standard InChI is InChI=1S/C19H29NO3/c1-19(2,3)23-18(21)20-13-8-7-11-17(20)12-14-22-15-16-9-5-4-6-10-16/h4-6,9-10,17H,7-8,11-15H2,1-3H3. The second kappa shape index (κ2) is 8.34. The van der Waals surface area contributed by atoms with Crippen molar-refractivity contribution in [1.29, 1.82) is 0 Å². The van der Waals surface area contributed by atoms with E-state index in [1.54, 1.807) is 0 Å². The van der Waals surface area contributed by atoms with Gasteiger partial charge in [-0.05, 0) is 52.0 Å². The van der Waals surface area contributed by atoms with Gasteiger partial charge in [0.25, 0.3) is 0 Å². The molecule has 1 saturated heterocycles. The van der Waals surface area contributed by atoms with Crippen molar-refractivity contribution in [3.63, 3.8) is 0 Å². The molecular formula is C19H29NO3. The topological polar surface area (TPSA) is 38.8 Å². The van der Waals surface area contributed by atoms with Crippen molar-refractivity contribution < 1.29 is 14.3 Å². The van der Waals surface area contributed by atoms with E-state index in [1.165, 1.54) is 12.0 Å². The van der Waals surface area contributed by atoms with Crippen molar-refractivity contribution >= 4 is 6.09 Å². The molecule has 0 spiro atoms. The third kappa shape index (κ3) is 6.22. The average Bonchev–Trinajstić information content (AvgIpc) is 2.51. The molecule has 1 aliphatic heterocycles. The maximum atomic E-state index is 12.3. The van der Waals surface area contributed by atoms with E-state index in [1.807, 2.05) is 43.9 Å². The lowest BCUT2D eigenvalue weighted by Crippen LogP contribution is -2.46. The van der Waals surface area contributed by atoms with Gasteiger partial charge in [0.15, 0.2) is 0 Å². The monoisotopic (exact) mass is 319 g/mol. The Kier molecular flexibility index (Phi) is 6.46. The number of amides is 1. The van der Waals surface area contributed by atoms with Crippen LogP contribution in [0.15, 0.2) is 30.3 Å². The fraction of sp³-hybridized carbons (Fsp3) is 0.632. The first-order chi connectivity index (χ1) is 11.0. The number of likely N-dealkylation sites (tertiary alicyclic amines) is 1. The van der Waals surface area contributed by atoms with Crippen LogP contribution in [0.4, 0.5) is 4.79 Å². The van der Waals surface area contributed by atoms with Gasteiger partial charge in [-0.1, -0.05) is 30.3 Å². The lowest BCUT2D eigenvalue weighted by atomic mass is 10.0. The summed E-state index contributed by atoms with van der Waals surface area (Å²) in [6, 6.07) is 10.4. The maximum Gasteiger partial charge on any atom is 0.410 e. The summed E-state index contributed by atoms with van der Waals surface area (Å²) in [4.78, 5) is 14.2. The van der Waals surface area contributed by atoms with Gasteiger partial charge in [0.2, 0.25) is 0 Å². The first kappa shape index (κ1) is 17.8. The molecule has 0 saturated carbocycles. The molecule has 128 valence electrons. The molecule has 23 heavy (non-hydrogen) atoms. The number of rotatable bonds is 5. The van der Waals surface area contributed by atoms with Crippen LogP contribution in [-0.4, -0.2) is 35.8 Å². The highest BCUT2D eigenvalue weighted by Crippen LogP contribution is 2.22. The van der Waals surface area contributed by atoms with Crippen LogP contribution in [0.5, 0.6) is 0 Å². The number of benzene rings is 1. The van der Waals surface area contributed by atoms with Crippen LogP contribution in [0.3, 0.4) is 0 Å². The predicted molar refractivity (Wildman–Crippen MR) is 91.3 cm³/mol. The second-order valence-corrected chi connectivity index (χ2v) is 7.15. The van der Waals surface area contributed by atoms with E-state index in [2.05, 4.69) is 12.1 Å². The zero-order valence-corrected chi connectivity index (χ0v) is 14.6. The van der Waals surface area contributed by atoms with Crippen LogP contribution in [0.25, 0.3) is 0 Å². The molecule has 4 nitrogen and oxygen atoms in total. The van der Waals surface area contributed by atoms with E-state index in [4.69, 9.17) is 9.47 Å². The van der Waals surface area contributed by atoms with Gasteiger partial charge in [0.1, 0.15) is 5.60 Å². The van der Waals surface area contributed by atoms with Crippen molar-refractivity contribution in [3.8, 4) is 0 Å². The molecule has 1 aliphatic rings. The summed E-state index contributed by atoms with van der Waals surface area (Å²) < 4.78 is 11.3. The molecule has 0 N–H and O–H groups in total. The molecule has 2 rings (SSSR count). The first-order valence-electron chi connectivity index (χ1n) is 8.57. The molecule has 1 unspecified atom stereocenters. The van der Waals surface area contributed by atoms with Crippen LogP contribution >= 0.6 is 0 Å². The number of carbonyl (C=O) groups is 1. The number of nitrogens with zero attached hydrogens (tertiary/aromatic N) is 1. The second-order valence-electron chi connectivity index (χ2n) is 7.15. The van der Waals surface area contributed by atoms with Crippen LogP contribution in [-0.2, 0) is 16.1 Å². The molecule has 1 aromatic rings. The Morgan fingerprint density at radius 1 is 1.22 bits per heavy atom. The Hall–Kier alpha value is -1.55. The molecule has 0 aromatic heterocycles. The number of hydrogen-bond donors (Lipinski definition) is 0. The van der Waals surface area contributed by atoms with Gasteiger partial charge in [0, 0.05) is 19.2 Å². The summed E-state index contributed by atoms with van der Waals surface area (Å²) in [6.07, 6.45) is 3.94. The highest BCUT2D eigenvalue weighted by molar-refractivity contribution is 5.68. The third-order valence-electron chi connectivity index (χ3n) is 3.96. The number of ether oxygens (including phenoxy) is 2. The number of hydrogen-bond acceptors (Lipinski definition) is 3. The molecule has 0 aliphatic carbocycles. The van der Waals surface area contributed by atoms with Crippen molar-refractivity contribution in [1.82, 2.24) is 4.90 Å². The zero-order valence-electron chi connectivity index (χ0n) is 14.6. The van der Waals surface area contributed by atoms with Gasteiger partial charge in [0.05, 0.1) is 6.61 Å². The van der Waals surface area contributed by atoms with E-state index in [0.29, 0.717) is 13.2 Å². The minimum absolute atomic E-state index is 0.190. The number of piperidine rings is 1. The third-order valence-corrected chi connectivity index (χ3v) is 3.96. The van der Waals surface area contributed by atoms with Crippen LogP contribution in [0, 0.1) is 0 Å². The fourth-order valence-corrected chi connectivity index (χ4v) is 2.85. The van der Waals surface area contributed by atoms with E-state index < -0.39 is 5.60 Å². The van der Waals surface area contributed by atoms with Gasteiger partial charge >= 0.3 is 6.09 Å². The van der Waals surface area contributed by atoms with E-state index in [9.17, 15) is 4.79 Å². The largest absolute Gasteiger partial charge is 0.444 e. The van der Waals surface area contributed by atoms with Crippen LogP contribution in [0.2, 0.25) is 0 Å². The normalized spacial score (nSPS) is 18.7. The Balaban J connectivity index is 1.78. The summed E-state index contributed by atoms with van der Waals surface area (Å²) in [5.41, 5.74) is 0.739. The predicted octanol–water partition coefficient (Wildman–Crippen LogP) is 4.38. The minimum atomic E-state index is -0.442. The average molecular weight is 319 g/mol. The van der Waals surface area contributed by atoms with E-state index in [0.717, 1.165) is 25.8 Å². The summed E-state index contributed by atoms with van der Waals surface area (Å²) >= 11 is 0. The van der Waals surface area contributed by atoms with Crippen LogP contribution < -0.4 is 0 Å². The smallest absolute Gasteiger partial charge is 0.410 e. The van der Waals surface area contributed by atoms with Crippen molar-refractivity contribution in [2.24, 2.45) is 0 Å². The van der Waals surface area contributed by atoms with Gasteiger partial charge in [-0.3, -0.25) is 0 Å². The molecule has 4 heteroatoms. The lowest BCUT2D eigenvalue weighted by Gasteiger charge is -2.36. The van der Waals surface area contributed by atoms with Gasteiger partial charge in [-0.2, -0.15) is 0 Å². The van der Waals surface area contributed by atoms with Gasteiger partial charge in [-0.15, -0.1) is 0 Å². The SMILES string of the molecule is CC(C)(C)OC(=O)N1CCCCC1CCOCc1ccccc1. The molecule has 0 bridgehead atoms. The molecule has 1 amide bonds. The lowest BCUT2D eigenvalue weighted by molar-refractivity contribution is 0.00379. The summed E-state index contributed by atoms with van der Waals surface area (Å²) in [5.74, 6) is 0. The van der Waals surface area contributed by atoms with Crippen LogP contribution in [0.1, 0.15) is 52.0 Å². The Labute approximate surface area is 139 Å². The maximum absolute atomic E-state index is 12.3. The summed E-state index contributed by atoms with van der Waals surface area (Å²) in [6.45, 7) is 7.81. The van der Waals surface area contributed by atoms with Crippen molar-refractivity contribution in [2.45, 2.75) is 64.7 Å². The quantitative estimate of drug-likeness (QED) is 0.756. The molecule has 1 aromatic carbocycles. The highest BCUT2D eigenvalue weighted by Gasteiger charge is 2.30. The molecule has 0 radical (unpaired) electrons. The fourth-order valence-electron chi connectivity index (χ4n) is 2.85. The van der Waals surface area contributed by atoms with E-state index >= 15 is 0 Å². The van der Waals surface area contributed by atoms with Crippen molar-refractivity contribution in [3.05, 3.63) is 35.9 Å². The Bertz CT molecular complexity index is 481. The van der Waals surface area contributed by atoms with Crippen molar-refractivity contribution in [2.75, 3.05) is 13.2 Å². The molecule has 1 atom stereocenters. The zero-order chi connectivity index (χ0) is 16.7. The molecule has 1 heterocycles. The van der Waals surface area contributed by atoms with E-state index in [-0.39, 0.29) is 12.1 Å². The summed E-state index contributed by atoms with van der Waals surface area (Å²) in [7, 11) is 0. The minimum Gasteiger partial charge on any atom is -0.444 e. The highest BCUT2D eigenvalue weighted by atomic mass is 16.6. The first-order valence-corrected chi connectivity index (χ1v) is 8.57. The molecule has 1 fully saturated rings. The Morgan fingerprint density at radius 2 is 1.96 bits per heavy atom. The summed E-state index contributed by atoms with van der Waals surface area (Å²) in [5, 5.41) is 0.